The topological polar surface area (TPSA) is 226 Å². The number of aromatic nitrogens is 1. The molecule has 0 radical (unpaired) electrons. The highest BCUT2D eigenvalue weighted by Crippen LogP contribution is 2.39. The lowest BCUT2D eigenvalue weighted by atomic mass is 10.2. The Morgan fingerprint density at radius 1 is 0.419 bits per heavy atom. The number of thiol groups is 1. The van der Waals surface area contributed by atoms with Gasteiger partial charge in [0, 0.05) is 136 Å². The number of thioether (sulfide) groups is 6. The molecule has 11 aromatic carbocycles. The predicted octanol–water partition coefficient (Wildman–Crippen LogP) is 29.2. The van der Waals surface area contributed by atoms with Gasteiger partial charge in [-0.25, -0.2) is 14.0 Å². The van der Waals surface area contributed by atoms with E-state index in [-0.39, 0.29) is 23.8 Å². The summed E-state index contributed by atoms with van der Waals surface area (Å²) >= 11 is 61.2. The highest BCUT2D eigenvalue weighted by Gasteiger charge is 2.17. The smallest absolute Gasteiger partial charge is 0.354 e. The fourth-order valence-electron chi connectivity index (χ4n) is 9.51. The molecule has 0 aliphatic heterocycles. The van der Waals surface area contributed by atoms with Crippen molar-refractivity contribution in [1.29, 1.82) is 0 Å². The number of nitrogens with zero attached hydrogens (tertiary/aromatic N) is 6. The van der Waals surface area contributed by atoms with Gasteiger partial charge in [-0.15, -0.1) is 70.6 Å². The summed E-state index contributed by atoms with van der Waals surface area (Å²) in [6.45, 7) is -0.229. The van der Waals surface area contributed by atoms with Crippen LogP contribution in [-0.2, 0) is 64.1 Å². The van der Waals surface area contributed by atoms with Crippen molar-refractivity contribution in [2.45, 2.75) is 69.6 Å². The van der Waals surface area contributed by atoms with E-state index >= 15 is 0 Å². The maximum atomic E-state index is 12.5. The van der Waals surface area contributed by atoms with Crippen molar-refractivity contribution in [3.8, 4) is 0 Å². The number of aromatic amines is 1. The van der Waals surface area contributed by atoms with Crippen LogP contribution in [0.1, 0.15) is 75.7 Å². The van der Waals surface area contributed by atoms with Gasteiger partial charge in [-0.05, 0) is 213 Å². The highest BCUT2D eigenvalue weighted by atomic mass is 35.5. The Labute approximate surface area is 748 Å². The van der Waals surface area contributed by atoms with Gasteiger partial charge >= 0.3 is 17.9 Å². The van der Waals surface area contributed by atoms with Crippen LogP contribution in [0.3, 0.4) is 0 Å². The first-order valence-electron chi connectivity index (χ1n) is 34.4. The number of hydrogen-bond donors (Lipinski definition) is 2. The van der Waals surface area contributed by atoms with E-state index in [1.165, 1.54) is 66.8 Å². The number of benzene rings is 11. The molecular weight excluding hydrogens is 1790 g/mol. The van der Waals surface area contributed by atoms with Crippen LogP contribution >= 0.6 is 176 Å². The Hall–Kier alpha value is -8.23. The molecule has 117 heavy (non-hydrogen) atoms. The van der Waals surface area contributed by atoms with Gasteiger partial charge in [0.05, 0.1) is 26.9 Å². The van der Waals surface area contributed by atoms with E-state index in [1.807, 2.05) is 200 Å². The summed E-state index contributed by atoms with van der Waals surface area (Å²) < 4.78 is 26.3. The van der Waals surface area contributed by atoms with Gasteiger partial charge < -0.3 is 19.2 Å². The zero-order valence-corrected chi connectivity index (χ0v) is 74.1. The Morgan fingerprint density at radius 2 is 0.778 bits per heavy atom. The van der Waals surface area contributed by atoms with Crippen LogP contribution in [0.25, 0.3) is 37.9 Å². The van der Waals surface area contributed by atoms with Crippen molar-refractivity contribution in [2.75, 3.05) is 27.9 Å². The second-order valence-corrected chi connectivity index (χ2v) is 33.8. The molecule has 0 bridgehead atoms. The van der Waals surface area contributed by atoms with Crippen molar-refractivity contribution in [2.24, 2.45) is 10.2 Å². The minimum atomic E-state index is -0.692. The average molecular weight is 1860 g/mol. The third-order valence-corrected chi connectivity index (χ3v) is 24.5. The number of esters is 3. The normalized spacial score (nSPS) is 10.5. The standard InChI is InChI=1S/C24H19Cl2N3O2S2.C24H19Cl2NO2S2.C21H16Cl2OS2.C7H4ClFO.C7H7ClS.C3H5N3O2/c1-31-24(30)22(28-29-27)12-18-6-11-21(32-14-16-2-7-19(25)8-3-16)13-23(18)33-15-17-4-9-20(26)10-5-17;1-29-24(28)22-12-20-21(27-22)10-19(30-13-15-2-6-17(25)7-3-15)11-23(20)31-14-16-4-8-18(26)9-5-16;22-18-6-1-15(2-7-18)13-25-20-10-5-17(12-24)21(11-20)26-14-16-3-8-19(23)9-4-16;8-6-2-1-5(4-10)7(9)3-6;8-7-3-1-6(5-9)2-4-7;1-8-3(7)2-5-6-4/h2-13H,14-15H2,1H3;2-12,27H,13-14H2,1H3;1-12H,13-14H2;1-4H;1-4,9H,5H2;2H2,1H3/b22-12-;;;;;. The van der Waals surface area contributed by atoms with Gasteiger partial charge in [-0.3, -0.25) is 14.4 Å². The summed E-state index contributed by atoms with van der Waals surface area (Å²) in [5, 5.41) is 12.9. The highest BCUT2D eigenvalue weighted by molar-refractivity contribution is 8.00. The monoisotopic (exact) mass is 1850 g/mol. The van der Waals surface area contributed by atoms with Gasteiger partial charge in [-0.2, -0.15) is 12.6 Å². The summed E-state index contributed by atoms with van der Waals surface area (Å²) in [4.78, 5) is 70.2. The summed E-state index contributed by atoms with van der Waals surface area (Å²) in [5.74, 6) is 3.38. The minimum absolute atomic E-state index is 0.0319. The molecule has 12 aromatic rings. The molecule has 0 aliphatic carbocycles. The molecule has 0 atom stereocenters. The first-order valence-corrected chi connectivity index (χ1v) is 44.0. The number of fused-ring (bicyclic) bond motifs is 1. The maximum Gasteiger partial charge on any atom is 0.354 e. The maximum absolute atomic E-state index is 12.5. The van der Waals surface area contributed by atoms with Gasteiger partial charge in [0.25, 0.3) is 0 Å². The molecular formula is C86H70Cl8FN7O8S7. The van der Waals surface area contributed by atoms with Crippen LogP contribution < -0.4 is 0 Å². The van der Waals surface area contributed by atoms with Crippen molar-refractivity contribution in [3.63, 3.8) is 0 Å². The molecule has 1 aromatic heterocycles. The lowest BCUT2D eigenvalue weighted by Gasteiger charge is -2.11. The van der Waals surface area contributed by atoms with E-state index in [0.29, 0.717) is 32.8 Å². The summed E-state index contributed by atoms with van der Waals surface area (Å²) in [6.07, 6.45) is 2.91. The quantitative estimate of drug-likeness (QED) is 0.00562. The van der Waals surface area contributed by atoms with Gasteiger partial charge in [0.2, 0.25) is 0 Å². The average Bonchev–Trinajstić information content (AvgIpc) is 1.65. The number of carbonyl (C=O) groups is 5. The molecule has 1 heterocycles. The fourth-order valence-corrected chi connectivity index (χ4v) is 16.8. The van der Waals surface area contributed by atoms with E-state index in [2.05, 4.69) is 66.7 Å². The second kappa shape index (κ2) is 52.6. The largest absolute Gasteiger partial charge is 0.469 e. The van der Waals surface area contributed by atoms with Crippen LogP contribution in [0.5, 0.6) is 0 Å². The van der Waals surface area contributed by atoms with Crippen LogP contribution in [0, 0.1) is 5.82 Å². The lowest BCUT2D eigenvalue weighted by molar-refractivity contribution is -0.139. The number of rotatable bonds is 27. The zero-order chi connectivity index (χ0) is 84.4. The molecule has 0 amide bonds. The Balaban J connectivity index is 0.000000209. The molecule has 0 spiro atoms. The molecule has 0 saturated carbocycles. The van der Waals surface area contributed by atoms with Crippen molar-refractivity contribution in [3.05, 3.63) is 377 Å². The van der Waals surface area contributed by atoms with E-state index in [4.69, 9.17) is 113 Å². The number of hydrogen-bond acceptors (Lipinski definition) is 17. The van der Waals surface area contributed by atoms with Crippen molar-refractivity contribution in [1.82, 2.24) is 4.98 Å². The number of azide groups is 2. The number of aldehydes is 2. The number of carbonyl (C=O) groups excluding carboxylic acids is 5. The van der Waals surface area contributed by atoms with E-state index in [0.717, 1.165) is 129 Å². The first-order chi connectivity index (χ1) is 56.5. The molecule has 31 heteroatoms. The first kappa shape index (κ1) is 95.9. The molecule has 0 aliphatic rings. The molecule has 602 valence electrons. The molecule has 12 rings (SSSR count). The third-order valence-electron chi connectivity index (χ3n) is 15.6. The van der Waals surface area contributed by atoms with Crippen molar-refractivity contribution < 1.29 is 42.6 Å². The Bertz CT molecular complexity index is 5390. The molecule has 0 unspecified atom stereocenters. The Kier molecular flexibility index (Phi) is 43.2. The third kappa shape index (κ3) is 34.9. The van der Waals surface area contributed by atoms with Crippen LogP contribution in [-0.4, -0.2) is 63.3 Å². The summed E-state index contributed by atoms with van der Waals surface area (Å²) in [5.41, 5.74) is 27.5. The summed E-state index contributed by atoms with van der Waals surface area (Å²) in [6, 6.07) is 76.5. The van der Waals surface area contributed by atoms with E-state index in [9.17, 15) is 28.4 Å². The van der Waals surface area contributed by atoms with Gasteiger partial charge in [-0.1, -0.05) is 194 Å². The molecule has 15 nitrogen and oxygen atoms in total. The summed E-state index contributed by atoms with van der Waals surface area (Å²) in [7, 11) is 3.86. The molecule has 0 saturated heterocycles. The fraction of sp³-hybridized carbons (Fsp3) is 0.128. The number of nitrogens with one attached hydrogen (secondary N) is 1. The zero-order valence-electron chi connectivity index (χ0n) is 62.2. The number of methoxy groups -OCH3 is 3. The number of ether oxygens (including phenoxy) is 3. The lowest BCUT2D eigenvalue weighted by Crippen LogP contribution is -2.02. The van der Waals surface area contributed by atoms with Gasteiger partial charge in [0.1, 0.15) is 23.8 Å². The molecule has 0 fully saturated rings. The minimum Gasteiger partial charge on any atom is -0.469 e. The van der Waals surface area contributed by atoms with Crippen LogP contribution in [0.2, 0.25) is 40.2 Å². The number of halogens is 9. The number of H-pyrrole nitrogens is 1. The predicted molar refractivity (Wildman–Crippen MR) is 490 cm³/mol. The van der Waals surface area contributed by atoms with Gasteiger partial charge in [0.15, 0.2) is 12.6 Å². The second-order valence-electron chi connectivity index (χ2n) is 23.8. The van der Waals surface area contributed by atoms with E-state index < -0.39 is 17.8 Å². The van der Waals surface area contributed by atoms with E-state index in [1.54, 1.807) is 76.6 Å². The van der Waals surface area contributed by atoms with Crippen molar-refractivity contribution >= 4 is 223 Å². The Morgan fingerprint density at radius 3 is 1.15 bits per heavy atom. The van der Waals surface area contributed by atoms with Crippen LogP contribution in [0.15, 0.2) is 288 Å². The molecule has 1 N–H and O–H groups in total. The van der Waals surface area contributed by atoms with Crippen LogP contribution in [0.4, 0.5) is 4.39 Å². The SMILES string of the molecule is COC(=O)/C(=C/c1ccc(SCc2ccc(Cl)cc2)cc1SCc1ccc(Cl)cc1)N=[N+]=[N-].COC(=O)CN=[N+]=[N-].COC(=O)c1cc2c(SCc3ccc(Cl)cc3)cc(SCc3ccc(Cl)cc3)cc2[nH]1.O=Cc1ccc(Cl)cc1F.O=Cc1ccc(SCc2ccc(Cl)cc2)cc1SCc1ccc(Cl)cc1.SCc1ccc(Cl)cc1.